The Bertz CT molecular complexity index is 1120. The molecule has 0 N–H and O–H groups in total. The van der Waals surface area contributed by atoms with Crippen molar-refractivity contribution in [2.75, 3.05) is 0 Å². The molecule has 25 heavy (non-hydrogen) atoms. The van der Waals surface area contributed by atoms with Crippen LogP contribution in [-0.4, -0.2) is 19.7 Å². The molecule has 7 heteroatoms. The Balaban J connectivity index is 1.67. The summed E-state index contributed by atoms with van der Waals surface area (Å²) in [4.78, 5) is 21.3. The van der Waals surface area contributed by atoms with Crippen LogP contribution in [0.1, 0.15) is 11.4 Å². The van der Waals surface area contributed by atoms with Gasteiger partial charge in [-0.2, -0.15) is 4.98 Å². The van der Waals surface area contributed by atoms with Crippen molar-refractivity contribution in [2.24, 2.45) is 0 Å². The molecule has 0 amide bonds. The van der Waals surface area contributed by atoms with E-state index in [-0.39, 0.29) is 12.1 Å². The minimum Gasteiger partial charge on any atom is -0.334 e. The molecule has 0 aliphatic heterocycles. The van der Waals surface area contributed by atoms with Gasteiger partial charge in [0.05, 0.1) is 23.8 Å². The molecule has 0 bridgehead atoms. The lowest BCUT2D eigenvalue weighted by molar-refractivity contribution is 0.420. The fourth-order valence-corrected chi connectivity index (χ4v) is 2.69. The van der Waals surface area contributed by atoms with E-state index in [1.807, 2.05) is 25.1 Å². The molecule has 0 unspecified atom stereocenters. The van der Waals surface area contributed by atoms with Crippen molar-refractivity contribution in [3.05, 3.63) is 75.6 Å². The number of nitrogens with zero attached hydrogens (tertiary/aromatic N) is 4. The number of aromatic nitrogens is 4. The van der Waals surface area contributed by atoms with Gasteiger partial charge in [0.2, 0.25) is 0 Å². The van der Waals surface area contributed by atoms with Gasteiger partial charge in [-0.3, -0.25) is 9.36 Å². The Morgan fingerprint density at radius 2 is 1.96 bits per heavy atom. The first kappa shape index (κ1) is 15.5. The van der Waals surface area contributed by atoms with Crippen LogP contribution < -0.4 is 5.56 Å². The fraction of sp³-hybridized carbons (Fsp3) is 0.111. The van der Waals surface area contributed by atoms with Gasteiger partial charge in [-0.15, -0.1) is 0 Å². The van der Waals surface area contributed by atoms with E-state index in [0.29, 0.717) is 27.6 Å². The van der Waals surface area contributed by atoms with E-state index in [2.05, 4.69) is 15.1 Å². The van der Waals surface area contributed by atoms with E-state index in [9.17, 15) is 4.79 Å². The second kappa shape index (κ2) is 6.14. The second-order valence-corrected chi connectivity index (χ2v) is 6.16. The standard InChI is InChI=1S/C18H13ClN4O2/c1-11-2-7-15-14(8-11)18(24)23(10-20-15)9-16-21-17(25-22-16)12-3-5-13(19)6-4-12/h2-8,10H,9H2,1H3. The van der Waals surface area contributed by atoms with Gasteiger partial charge in [-0.05, 0) is 43.3 Å². The quantitative estimate of drug-likeness (QED) is 0.564. The predicted molar refractivity (Wildman–Crippen MR) is 94.6 cm³/mol. The third-order valence-corrected chi connectivity index (χ3v) is 4.10. The first-order chi connectivity index (χ1) is 12.1. The van der Waals surface area contributed by atoms with Crippen LogP contribution in [-0.2, 0) is 6.54 Å². The van der Waals surface area contributed by atoms with Crippen LogP contribution >= 0.6 is 11.6 Å². The van der Waals surface area contributed by atoms with Gasteiger partial charge >= 0.3 is 0 Å². The molecule has 0 saturated heterocycles. The maximum atomic E-state index is 12.6. The van der Waals surface area contributed by atoms with Crippen molar-refractivity contribution in [3.8, 4) is 11.5 Å². The van der Waals surface area contributed by atoms with Gasteiger partial charge in [-0.25, -0.2) is 4.98 Å². The lowest BCUT2D eigenvalue weighted by Crippen LogP contribution is -2.21. The molecule has 124 valence electrons. The molecular weight excluding hydrogens is 340 g/mol. The van der Waals surface area contributed by atoms with Crippen LogP contribution in [0.4, 0.5) is 0 Å². The third-order valence-electron chi connectivity index (χ3n) is 3.85. The van der Waals surface area contributed by atoms with Gasteiger partial charge in [0.1, 0.15) is 0 Å². The fourth-order valence-electron chi connectivity index (χ4n) is 2.57. The number of fused-ring (bicyclic) bond motifs is 1. The van der Waals surface area contributed by atoms with Gasteiger partial charge in [-0.1, -0.05) is 28.4 Å². The number of hydrogen-bond donors (Lipinski definition) is 0. The van der Waals surface area contributed by atoms with Crippen molar-refractivity contribution in [3.63, 3.8) is 0 Å². The van der Waals surface area contributed by atoms with Crippen molar-refractivity contribution in [1.29, 1.82) is 0 Å². The van der Waals surface area contributed by atoms with E-state index in [1.165, 1.54) is 10.9 Å². The summed E-state index contributed by atoms with van der Waals surface area (Å²) in [6.07, 6.45) is 1.50. The Labute approximate surface area is 147 Å². The van der Waals surface area contributed by atoms with Crippen LogP contribution in [0.3, 0.4) is 0 Å². The summed E-state index contributed by atoms with van der Waals surface area (Å²) < 4.78 is 6.74. The van der Waals surface area contributed by atoms with E-state index in [1.54, 1.807) is 24.3 Å². The summed E-state index contributed by atoms with van der Waals surface area (Å²) in [7, 11) is 0. The SMILES string of the molecule is Cc1ccc2ncn(Cc3noc(-c4ccc(Cl)cc4)n3)c(=O)c2c1. The summed E-state index contributed by atoms with van der Waals surface area (Å²) in [5.74, 6) is 0.783. The molecule has 0 saturated carbocycles. The lowest BCUT2D eigenvalue weighted by Gasteiger charge is -2.04. The van der Waals surface area contributed by atoms with Gasteiger partial charge in [0.25, 0.3) is 11.4 Å². The number of benzene rings is 2. The average molecular weight is 353 g/mol. The minimum atomic E-state index is -0.133. The number of halogens is 1. The molecule has 2 aromatic carbocycles. The number of rotatable bonds is 3. The Kier molecular flexibility index (Phi) is 3.82. The Hall–Kier alpha value is -2.99. The van der Waals surface area contributed by atoms with Crippen LogP contribution in [0.25, 0.3) is 22.4 Å². The molecule has 0 aliphatic rings. The molecule has 0 radical (unpaired) electrons. The number of hydrogen-bond acceptors (Lipinski definition) is 5. The van der Waals surface area contributed by atoms with Crippen molar-refractivity contribution in [2.45, 2.75) is 13.5 Å². The smallest absolute Gasteiger partial charge is 0.261 e. The molecular formula is C18H13ClN4O2. The normalized spacial score (nSPS) is 11.1. The van der Waals surface area contributed by atoms with Crippen LogP contribution in [0.2, 0.25) is 5.02 Å². The molecule has 0 fully saturated rings. The van der Waals surface area contributed by atoms with E-state index in [4.69, 9.17) is 16.1 Å². The summed E-state index contributed by atoms with van der Waals surface area (Å²) in [6.45, 7) is 2.13. The second-order valence-electron chi connectivity index (χ2n) is 5.72. The van der Waals surface area contributed by atoms with Crippen molar-refractivity contribution >= 4 is 22.5 Å². The third kappa shape index (κ3) is 3.04. The summed E-state index contributed by atoms with van der Waals surface area (Å²) in [6, 6.07) is 12.7. The molecule has 4 aromatic rings. The van der Waals surface area contributed by atoms with Crippen LogP contribution in [0.5, 0.6) is 0 Å². The van der Waals surface area contributed by atoms with Crippen LogP contribution in [0.15, 0.2) is 58.1 Å². The topological polar surface area (TPSA) is 73.8 Å². The molecule has 0 atom stereocenters. The molecule has 0 spiro atoms. The summed E-state index contributed by atoms with van der Waals surface area (Å²) in [5.41, 5.74) is 2.31. The van der Waals surface area contributed by atoms with Crippen molar-refractivity contribution in [1.82, 2.24) is 19.7 Å². The van der Waals surface area contributed by atoms with E-state index < -0.39 is 0 Å². The summed E-state index contributed by atoms with van der Waals surface area (Å²) in [5, 5.41) is 5.15. The Morgan fingerprint density at radius 3 is 2.76 bits per heavy atom. The molecule has 6 nitrogen and oxygen atoms in total. The van der Waals surface area contributed by atoms with Crippen LogP contribution in [0, 0.1) is 6.92 Å². The first-order valence-electron chi connectivity index (χ1n) is 7.64. The molecule has 2 aromatic heterocycles. The average Bonchev–Trinajstić information content (AvgIpc) is 3.07. The zero-order valence-electron chi connectivity index (χ0n) is 13.3. The zero-order chi connectivity index (χ0) is 17.4. The summed E-state index contributed by atoms with van der Waals surface area (Å²) >= 11 is 5.88. The predicted octanol–water partition coefficient (Wildman–Crippen LogP) is 3.46. The maximum Gasteiger partial charge on any atom is 0.261 e. The monoisotopic (exact) mass is 352 g/mol. The highest BCUT2D eigenvalue weighted by molar-refractivity contribution is 6.30. The maximum absolute atomic E-state index is 12.6. The highest BCUT2D eigenvalue weighted by atomic mass is 35.5. The highest BCUT2D eigenvalue weighted by Crippen LogP contribution is 2.19. The van der Waals surface area contributed by atoms with E-state index >= 15 is 0 Å². The lowest BCUT2D eigenvalue weighted by atomic mass is 10.2. The first-order valence-corrected chi connectivity index (χ1v) is 8.02. The van der Waals surface area contributed by atoms with E-state index in [0.717, 1.165) is 11.1 Å². The van der Waals surface area contributed by atoms with Gasteiger partial charge in [0.15, 0.2) is 5.82 Å². The Morgan fingerprint density at radius 1 is 1.16 bits per heavy atom. The van der Waals surface area contributed by atoms with Gasteiger partial charge in [0, 0.05) is 10.6 Å². The highest BCUT2D eigenvalue weighted by Gasteiger charge is 2.11. The van der Waals surface area contributed by atoms with Gasteiger partial charge < -0.3 is 4.52 Å². The molecule has 4 rings (SSSR count). The largest absolute Gasteiger partial charge is 0.334 e. The minimum absolute atomic E-state index is 0.133. The number of aryl methyl sites for hydroxylation is 1. The zero-order valence-corrected chi connectivity index (χ0v) is 14.1. The molecule has 0 aliphatic carbocycles. The molecule has 2 heterocycles. The van der Waals surface area contributed by atoms with Crippen molar-refractivity contribution < 1.29 is 4.52 Å².